The van der Waals surface area contributed by atoms with Gasteiger partial charge in [0.1, 0.15) is 6.33 Å². The summed E-state index contributed by atoms with van der Waals surface area (Å²) in [7, 11) is 0. The largest absolute Gasteiger partial charge is 0.351 e. The molecular weight excluding hydrogens is 154 g/mol. The van der Waals surface area contributed by atoms with Crippen LogP contribution < -0.4 is 10.2 Å². The van der Waals surface area contributed by atoms with Crippen LogP contribution in [0.1, 0.15) is 0 Å². The molecule has 0 unspecified atom stereocenters. The second-order valence-corrected chi connectivity index (χ2v) is 2.70. The third-order valence-electron chi connectivity index (χ3n) is 1.91. The van der Waals surface area contributed by atoms with Gasteiger partial charge in [0.25, 0.3) is 0 Å². The van der Waals surface area contributed by atoms with Crippen LogP contribution in [0.15, 0.2) is 12.5 Å². The van der Waals surface area contributed by atoms with Crippen molar-refractivity contribution in [2.45, 2.75) is 0 Å². The summed E-state index contributed by atoms with van der Waals surface area (Å²) in [5, 5.41) is 11.0. The number of rotatable bonds is 1. The highest BCUT2D eigenvalue weighted by atomic mass is 15.3. The Morgan fingerprint density at radius 3 is 2.83 bits per heavy atom. The van der Waals surface area contributed by atoms with Gasteiger partial charge in [0, 0.05) is 26.2 Å². The standard InChI is InChI=1S/C7H11N5/c1-3-12(4-2-8-1)7-5-9-6-10-11-7/h5-6,8H,1-4H2. The van der Waals surface area contributed by atoms with Crippen LogP contribution in [0.25, 0.3) is 0 Å². The Morgan fingerprint density at radius 2 is 2.17 bits per heavy atom. The van der Waals surface area contributed by atoms with E-state index < -0.39 is 0 Å². The average Bonchev–Trinajstić information content (AvgIpc) is 2.21. The highest BCUT2D eigenvalue weighted by molar-refractivity contribution is 5.34. The minimum Gasteiger partial charge on any atom is -0.351 e. The zero-order chi connectivity index (χ0) is 8.23. The first kappa shape index (κ1) is 7.42. The summed E-state index contributed by atoms with van der Waals surface area (Å²) in [5.74, 6) is 0.874. The Kier molecular flexibility index (Phi) is 2.13. The average molecular weight is 165 g/mol. The van der Waals surface area contributed by atoms with E-state index in [2.05, 4.69) is 25.4 Å². The molecule has 64 valence electrons. The minimum absolute atomic E-state index is 0.874. The number of piperazine rings is 1. The fourth-order valence-electron chi connectivity index (χ4n) is 1.28. The number of hydrogen-bond donors (Lipinski definition) is 1. The molecule has 0 aliphatic carbocycles. The molecule has 1 aromatic rings. The minimum atomic E-state index is 0.874. The summed E-state index contributed by atoms with van der Waals surface area (Å²) in [6.45, 7) is 3.99. The summed E-state index contributed by atoms with van der Waals surface area (Å²) in [6.07, 6.45) is 3.20. The van der Waals surface area contributed by atoms with Crippen LogP contribution in [0.5, 0.6) is 0 Å². The smallest absolute Gasteiger partial charge is 0.169 e. The Labute approximate surface area is 70.8 Å². The molecule has 1 aliphatic rings. The molecule has 5 heteroatoms. The van der Waals surface area contributed by atoms with E-state index >= 15 is 0 Å². The van der Waals surface area contributed by atoms with Gasteiger partial charge in [0.2, 0.25) is 0 Å². The van der Waals surface area contributed by atoms with E-state index in [1.54, 1.807) is 6.20 Å². The Morgan fingerprint density at radius 1 is 1.33 bits per heavy atom. The van der Waals surface area contributed by atoms with Crippen molar-refractivity contribution < 1.29 is 0 Å². The molecule has 0 spiro atoms. The number of hydrogen-bond acceptors (Lipinski definition) is 5. The van der Waals surface area contributed by atoms with Gasteiger partial charge in [-0.15, -0.1) is 10.2 Å². The molecule has 1 saturated heterocycles. The first-order valence-electron chi connectivity index (χ1n) is 4.05. The van der Waals surface area contributed by atoms with Crippen LogP contribution in [0.4, 0.5) is 5.82 Å². The summed E-state index contributed by atoms with van der Waals surface area (Å²) < 4.78 is 0. The molecule has 1 aliphatic heterocycles. The van der Waals surface area contributed by atoms with E-state index in [4.69, 9.17) is 0 Å². The number of aromatic nitrogens is 3. The molecule has 0 atom stereocenters. The normalized spacial score (nSPS) is 17.8. The summed E-state index contributed by atoms with van der Waals surface area (Å²) in [5.41, 5.74) is 0. The maximum Gasteiger partial charge on any atom is 0.169 e. The monoisotopic (exact) mass is 165 g/mol. The lowest BCUT2D eigenvalue weighted by atomic mass is 10.4. The van der Waals surface area contributed by atoms with E-state index in [1.165, 1.54) is 6.33 Å². The van der Waals surface area contributed by atoms with Crippen molar-refractivity contribution >= 4 is 5.82 Å². The SMILES string of the molecule is c1ncc(N2CCNCC2)nn1. The third-order valence-corrected chi connectivity index (χ3v) is 1.91. The lowest BCUT2D eigenvalue weighted by Gasteiger charge is -2.27. The zero-order valence-electron chi connectivity index (χ0n) is 6.77. The molecule has 0 aromatic carbocycles. The fourth-order valence-corrected chi connectivity index (χ4v) is 1.28. The Balaban J connectivity index is 2.08. The van der Waals surface area contributed by atoms with Crippen molar-refractivity contribution in [1.29, 1.82) is 0 Å². The molecular formula is C7H11N5. The highest BCUT2D eigenvalue weighted by Crippen LogP contribution is 2.06. The van der Waals surface area contributed by atoms with Gasteiger partial charge in [-0.3, -0.25) is 0 Å². The Bertz CT molecular complexity index is 231. The van der Waals surface area contributed by atoms with Gasteiger partial charge in [-0.1, -0.05) is 0 Å². The van der Waals surface area contributed by atoms with Crippen molar-refractivity contribution in [2.24, 2.45) is 0 Å². The van der Waals surface area contributed by atoms with Crippen LogP contribution >= 0.6 is 0 Å². The molecule has 5 nitrogen and oxygen atoms in total. The topological polar surface area (TPSA) is 53.9 Å². The molecule has 0 amide bonds. The van der Waals surface area contributed by atoms with Crippen LogP contribution in [-0.2, 0) is 0 Å². The second-order valence-electron chi connectivity index (χ2n) is 2.70. The lowest BCUT2D eigenvalue weighted by molar-refractivity contribution is 0.581. The molecule has 0 bridgehead atoms. The molecule has 0 radical (unpaired) electrons. The van der Waals surface area contributed by atoms with E-state index in [1.807, 2.05) is 0 Å². The van der Waals surface area contributed by atoms with Gasteiger partial charge in [-0.25, -0.2) is 4.98 Å². The van der Waals surface area contributed by atoms with Crippen molar-refractivity contribution in [3.63, 3.8) is 0 Å². The summed E-state index contributed by atoms with van der Waals surface area (Å²) >= 11 is 0. The number of nitrogens with zero attached hydrogens (tertiary/aromatic N) is 4. The maximum atomic E-state index is 3.99. The first-order valence-corrected chi connectivity index (χ1v) is 4.05. The lowest BCUT2D eigenvalue weighted by Crippen LogP contribution is -2.44. The molecule has 2 heterocycles. The molecule has 1 fully saturated rings. The van der Waals surface area contributed by atoms with Crippen molar-refractivity contribution in [3.05, 3.63) is 12.5 Å². The van der Waals surface area contributed by atoms with Gasteiger partial charge in [-0.05, 0) is 0 Å². The molecule has 1 aromatic heterocycles. The van der Waals surface area contributed by atoms with Crippen molar-refractivity contribution in [2.75, 3.05) is 31.1 Å². The Hall–Kier alpha value is -1.23. The summed E-state index contributed by atoms with van der Waals surface area (Å²) in [6, 6.07) is 0. The fraction of sp³-hybridized carbons (Fsp3) is 0.571. The van der Waals surface area contributed by atoms with Crippen molar-refractivity contribution in [1.82, 2.24) is 20.5 Å². The van der Waals surface area contributed by atoms with Crippen LogP contribution in [0, 0.1) is 0 Å². The number of nitrogens with one attached hydrogen (secondary N) is 1. The van der Waals surface area contributed by atoms with E-state index in [9.17, 15) is 0 Å². The van der Waals surface area contributed by atoms with Gasteiger partial charge in [0.15, 0.2) is 5.82 Å². The number of anilines is 1. The van der Waals surface area contributed by atoms with Gasteiger partial charge in [-0.2, -0.15) is 0 Å². The molecule has 0 saturated carbocycles. The molecule has 2 rings (SSSR count). The zero-order valence-corrected chi connectivity index (χ0v) is 6.77. The van der Waals surface area contributed by atoms with Gasteiger partial charge < -0.3 is 10.2 Å². The van der Waals surface area contributed by atoms with E-state index in [-0.39, 0.29) is 0 Å². The quantitative estimate of drug-likeness (QED) is 0.595. The third kappa shape index (κ3) is 1.50. The first-order chi connectivity index (χ1) is 5.97. The van der Waals surface area contributed by atoms with Crippen LogP contribution in [0.3, 0.4) is 0 Å². The van der Waals surface area contributed by atoms with Crippen molar-refractivity contribution in [3.8, 4) is 0 Å². The maximum absolute atomic E-state index is 3.99. The predicted molar refractivity (Wildman–Crippen MR) is 44.9 cm³/mol. The molecule has 1 N–H and O–H groups in total. The van der Waals surface area contributed by atoms with E-state index in [0.29, 0.717) is 0 Å². The molecule has 12 heavy (non-hydrogen) atoms. The van der Waals surface area contributed by atoms with Gasteiger partial charge >= 0.3 is 0 Å². The van der Waals surface area contributed by atoms with E-state index in [0.717, 1.165) is 32.0 Å². The van der Waals surface area contributed by atoms with Gasteiger partial charge in [0.05, 0.1) is 6.20 Å². The highest BCUT2D eigenvalue weighted by Gasteiger charge is 2.10. The summed E-state index contributed by atoms with van der Waals surface area (Å²) in [4.78, 5) is 6.10. The second kappa shape index (κ2) is 3.44. The van der Waals surface area contributed by atoms with Crippen LogP contribution in [0.2, 0.25) is 0 Å². The predicted octanol–water partition coefficient (Wildman–Crippen LogP) is -0.719. The van der Waals surface area contributed by atoms with Crippen LogP contribution in [-0.4, -0.2) is 41.4 Å².